The van der Waals surface area contributed by atoms with E-state index in [1.165, 1.54) is 18.2 Å². The Hall–Kier alpha value is -12.3. The van der Waals surface area contributed by atoms with Crippen molar-refractivity contribution >= 4 is 189 Å². The number of halogens is 3. The van der Waals surface area contributed by atoms with Crippen LogP contribution in [0, 0.1) is 0 Å². The number of benzene rings is 3. The molecular formula is C97H111Br2ClN16O15S3. The van der Waals surface area contributed by atoms with Crippen molar-refractivity contribution in [3.63, 3.8) is 0 Å². The van der Waals surface area contributed by atoms with Gasteiger partial charge in [-0.15, -0.1) is 34.0 Å². The average Bonchev–Trinajstić information content (AvgIpc) is 1.46. The van der Waals surface area contributed by atoms with Gasteiger partial charge in [-0.2, -0.15) is 0 Å². The third kappa shape index (κ3) is 39.5. The standard InChI is InChI=1S/C27H30N4O4S.C22H22N4O2S.C15H18N2O2S.C12H14N2O3.C9H11BrN2O.C5H3BrClN.C4H9NO.C3H4O2/c1-27(2,3)35-26(33)30-21-9-8-20(23-5-4-16-36-23)17-22(21)29-25(32)11-7-19-6-10-24(28-18-19)31-12-14-34-15-13-31;23-18-6-5-17(20-2-1-13-29-20)14-19(18)25-22(27)8-4-16-3-7-21(24-15-16)26-9-11-28-12-10-26;1-15(2,3)19-14(18)17-12-7-6-10(9-11(12)16)13-5-4-8-20-13;15-12(16)4-2-10-1-3-11(13-9-10)14-5-7-17-8-6-14;10-8-1-2-9(11-7-8)12-3-5-13-6-4-12;6-4-1-2-5(7)8-3-4;1-3-6-4-2-5-1;1-2-3(4)5/h4-11,16-18H,12-15H2,1-3H3,(H,29,32)(H,30,33);1-8,13-15H,9-12,23H2,(H,25,27);4-9H,16H2,1-3H3,(H,17,18);1-4,9H,5-8H2,(H,15,16);1-2,7H,3-6H2;1-3H;5H,1-4H2;2H,1H2,(H,4,5)/b11-7+;8-4+;;4-2+;;;;. The smallest absolute Gasteiger partial charge is 0.412 e. The van der Waals surface area contributed by atoms with Crippen molar-refractivity contribution in [1.29, 1.82) is 0 Å². The molecule has 37 heteroatoms. The van der Waals surface area contributed by atoms with Gasteiger partial charge in [0.1, 0.15) is 39.6 Å². The molecule has 0 atom stereocenters. The van der Waals surface area contributed by atoms with Crippen molar-refractivity contribution in [3.05, 3.63) is 260 Å². The van der Waals surface area contributed by atoms with Crippen molar-refractivity contribution in [2.75, 3.05) is 184 Å². The molecule has 0 bridgehead atoms. The summed E-state index contributed by atoms with van der Waals surface area (Å²) in [6.45, 7) is 30.4. The molecule has 4 amide bonds. The summed E-state index contributed by atoms with van der Waals surface area (Å²) in [5.41, 5.74) is 19.4. The number of hydrogen-bond acceptors (Lipinski definition) is 28. The predicted molar refractivity (Wildman–Crippen MR) is 545 cm³/mol. The van der Waals surface area contributed by atoms with E-state index in [1.807, 2.05) is 177 Å². The number of rotatable bonds is 18. The maximum absolute atomic E-state index is 12.8. The highest BCUT2D eigenvalue weighted by molar-refractivity contribution is 9.10. The maximum Gasteiger partial charge on any atom is 0.412 e. The number of carboxylic acids is 2. The highest BCUT2D eigenvalue weighted by Gasteiger charge is 2.22. The minimum Gasteiger partial charge on any atom is -0.478 e. The first-order chi connectivity index (χ1) is 64.5. The fourth-order valence-electron chi connectivity index (χ4n) is 12.2. The molecule has 11 aromatic rings. The lowest BCUT2D eigenvalue weighted by atomic mass is 10.1. The predicted octanol–water partition coefficient (Wildman–Crippen LogP) is 18.9. The number of ether oxygens (including phenoxy) is 7. The summed E-state index contributed by atoms with van der Waals surface area (Å²) >= 11 is 17.0. The number of nitrogens with zero attached hydrogens (tertiary/aromatic N) is 9. The van der Waals surface area contributed by atoms with Crippen LogP contribution in [0.4, 0.5) is 67.0 Å². The molecule has 708 valence electrons. The molecule has 0 radical (unpaired) electrons. The van der Waals surface area contributed by atoms with E-state index in [2.05, 4.69) is 110 Å². The molecule has 5 saturated heterocycles. The zero-order chi connectivity index (χ0) is 96.0. The van der Waals surface area contributed by atoms with Crippen molar-refractivity contribution in [2.45, 2.75) is 52.7 Å². The van der Waals surface area contributed by atoms with Crippen LogP contribution in [0.3, 0.4) is 0 Å². The molecule has 5 aliphatic rings. The minimum atomic E-state index is -0.981. The summed E-state index contributed by atoms with van der Waals surface area (Å²) < 4.78 is 38.8. The summed E-state index contributed by atoms with van der Waals surface area (Å²) in [6.07, 6.45) is 17.4. The van der Waals surface area contributed by atoms with Gasteiger partial charge in [-0.25, -0.2) is 44.1 Å². The Morgan fingerprint density at radius 2 is 0.776 bits per heavy atom. The number of aromatic nitrogens is 5. The molecule has 8 aromatic heterocycles. The maximum atomic E-state index is 12.8. The van der Waals surface area contributed by atoms with Crippen molar-refractivity contribution in [3.8, 4) is 31.3 Å². The summed E-state index contributed by atoms with van der Waals surface area (Å²) in [5.74, 6) is 1.25. The first-order valence-corrected chi connectivity index (χ1v) is 47.2. The number of nitrogen functional groups attached to an aromatic ring is 2. The summed E-state index contributed by atoms with van der Waals surface area (Å²) in [5, 5.41) is 36.9. The van der Waals surface area contributed by atoms with Crippen LogP contribution in [0.2, 0.25) is 5.15 Å². The Morgan fingerprint density at radius 3 is 1.10 bits per heavy atom. The van der Waals surface area contributed by atoms with E-state index < -0.39 is 35.3 Å². The Bertz CT molecular complexity index is 5510. The number of carbonyl (C=O) groups excluding carboxylic acids is 4. The largest absolute Gasteiger partial charge is 0.478 e. The number of amides is 4. The number of thiophene rings is 3. The van der Waals surface area contributed by atoms with Gasteiger partial charge in [0.15, 0.2) is 0 Å². The van der Waals surface area contributed by atoms with Crippen LogP contribution >= 0.6 is 77.5 Å². The van der Waals surface area contributed by atoms with Gasteiger partial charge in [-0.1, -0.05) is 54.6 Å². The van der Waals surface area contributed by atoms with Gasteiger partial charge in [0, 0.05) is 144 Å². The lowest BCUT2D eigenvalue weighted by Gasteiger charge is -2.27. The van der Waals surface area contributed by atoms with E-state index in [9.17, 15) is 28.8 Å². The van der Waals surface area contributed by atoms with E-state index in [1.54, 1.807) is 110 Å². The summed E-state index contributed by atoms with van der Waals surface area (Å²) in [4.78, 5) is 102. The molecule has 0 unspecified atom stereocenters. The van der Waals surface area contributed by atoms with E-state index in [0.29, 0.717) is 52.5 Å². The molecule has 0 spiro atoms. The van der Waals surface area contributed by atoms with Gasteiger partial charge in [0.05, 0.1) is 100 Å². The van der Waals surface area contributed by atoms with Gasteiger partial charge in [-0.05, 0) is 256 Å². The molecule has 11 N–H and O–H groups in total. The molecule has 5 aliphatic heterocycles. The van der Waals surface area contributed by atoms with Crippen LogP contribution in [0.1, 0.15) is 58.2 Å². The molecule has 31 nitrogen and oxygen atoms in total. The highest BCUT2D eigenvalue weighted by atomic mass is 79.9. The fraction of sp³-hybridized carbons (Fsp3) is 0.289. The van der Waals surface area contributed by atoms with Crippen molar-refractivity contribution in [2.24, 2.45) is 0 Å². The van der Waals surface area contributed by atoms with Gasteiger partial charge in [0.2, 0.25) is 11.8 Å². The van der Waals surface area contributed by atoms with Crippen LogP contribution in [-0.2, 0) is 52.3 Å². The van der Waals surface area contributed by atoms with Crippen LogP contribution in [0.25, 0.3) is 49.5 Å². The molecule has 13 heterocycles. The molecule has 5 fully saturated rings. The third-order valence-electron chi connectivity index (χ3n) is 18.7. The second-order valence-electron chi connectivity index (χ2n) is 31.2. The molecule has 16 rings (SSSR count). The summed E-state index contributed by atoms with van der Waals surface area (Å²) in [7, 11) is 0. The Labute approximate surface area is 813 Å². The number of nitrogens with one attached hydrogen (secondary N) is 5. The van der Waals surface area contributed by atoms with Crippen molar-refractivity contribution in [1.82, 2.24) is 30.2 Å². The lowest BCUT2D eigenvalue weighted by molar-refractivity contribution is -0.132. The number of pyridine rings is 5. The zero-order valence-electron chi connectivity index (χ0n) is 75.2. The number of morpholine rings is 5. The number of aliphatic carboxylic acids is 2. The summed E-state index contributed by atoms with van der Waals surface area (Å²) in [6, 6.07) is 47.9. The van der Waals surface area contributed by atoms with Crippen LogP contribution in [0.5, 0.6) is 0 Å². The van der Waals surface area contributed by atoms with Crippen LogP contribution in [0.15, 0.2) is 239 Å². The highest BCUT2D eigenvalue weighted by Crippen LogP contribution is 2.35. The Balaban J connectivity index is 0.000000184. The molecule has 0 aliphatic carbocycles. The van der Waals surface area contributed by atoms with Gasteiger partial charge in [-0.3, -0.25) is 20.2 Å². The fourth-order valence-corrected chi connectivity index (χ4v) is 15.0. The third-order valence-corrected chi connectivity index (χ3v) is 22.6. The topological polar surface area (TPSA) is 397 Å². The van der Waals surface area contributed by atoms with Gasteiger partial charge in [0.25, 0.3) is 0 Å². The monoisotopic (exact) mass is 2030 g/mol. The Kier molecular flexibility index (Phi) is 44.1. The second-order valence-corrected chi connectivity index (χ2v) is 36.2. The molecule has 3 aromatic carbocycles. The number of hydrogen-bond donors (Lipinski definition) is 9. The lowest BCUT2D eigenvalue weighted by Crippen LogP contribution is -2.36. The van der Waals surface area contributed by atoms with Gasteiger partial charge >= 0.3 is 24.1 Å². The van der Waals surface area contributed by atoms with E-state index in [4.69, 9.17) is 66.4 Å². The number of carboxylic acid groups (broad SMARTS) is 2. The number of anilines is 10. The Morgan fingerprint density at radius 1 is 0.425 bits per heavy atom. The molecule has 0 saturated carbocycles. The van der Waals surface area contributed by atoms with Crippen molar-refractivity contribution < 1.29 is 72.1 Å². The average molecular weight is 2030 g/mol. The second kappa shape index (κ2) is 56.0. The number of carbonyl (C=O) groups is 6. The van der Waals surface area contributed by atoms with E-state index in [-0.39, 0.29) is 11.8 Å². The first-order valence-electron chi connectivity index (χ1n) is 42.6. The van der Waals surface area contributed by atoms with Crippen LogP contribution < -0.4 is 57.7 Å². The first kappa shape index (κ1) is 105. The minimum absolute atomic E-state index is 0.239. The van der Waals surface area contributed by atoms with Gasteiger partial charge < -0.3 is 90.4 Å². The zero-order valence-corrected chi connectivity index (χ0v) is 81.6. The normalized spacial score (nSPS) is 14.2. The number of nitrogens with two attached hydrogens (primary N) is 2. The SMILES string of the molecule is Brc1ccc(N2CCOCC2)nc1.C1COCCN1.C=CC(=O)O.CC(C)(C)OC(=O)Nc1ccc(-c2cccs2)cc1N.CC(C)(C)OC(=O)Nc1ccc(-c2cccs2)cc1NC(=O)/C=C/c1ccc(N2CCOCC2)nc1.Clc1ccc(Br)cn1.Nc1ccc(-c2cccs2)cc1NC(=O)/C=C/c1ccc(N2CCOCC2)nc1.O=C(O)/C=C/c1ccc(N2CCOCC2)nc1. The molecular weight excluding hydrogens is 1920 g/mol. The van der Waals surface area contributed by atoms with Crippen LogP contribution in [-0.4, -0.2) is 214 Å². The van der Waals surface area contributed by atoms with E-state index >= 15 is 0 Å². The van der Waals surface area contributed by atoms with E-state index in [0.717, 1.165) is 211 Å². The quantitative estimate of drug-likeness (QED) is 0.0219. The molecule has 134 heavy (non-hydrogen) atoms.